The van der Waals surface area contributed by atoms with Crippen LogP contribution in [0.15, 0.2) is 5.38 Å². The molecule has 0 bridgehead atoms. The summed E-state index contributed by atoms with van der Waals surface area (Å²) in [7, 11) is 1.72. The molecule has 1 saturated heterocycles. The summed E-state index contributed by atoms with van der Waals surface area (Å²) in [6, 6.07) is 0.638. The van der Waals surface area contributed by atoms with Crippen LogP contribution in [-0.2, 0) is 11.3 Å². The Bertz CT molecular complexity index is 356. The monoisotopic (exact) mass is 269 g/mol. The van der Waals surface area contributed by atoms with Gasteiger partial charge in [0.05, 0.1) is 12.3 Å². The molecule has 0 aliphatic carbocycles. The van der Waals surface area contributed by atoms with Gasteiger partial charge in [0.2, 0.25) is 0 Å². The topological polar surface area (TPSA) is 37.4 Å². The van der Waals surface area contributed by atoms with Crippen LogP contribution in [0.25, 0.3) is 0 Å². The molecular weight excluding hydrogens is 246 g/mol. The summed E-state index contributed by atoms with van der Waals surface area (Å²) in [5, 5.41) is 6.68. The molecule has 1 unspecified atom stereocenters. The summed E-state index contributed by atoms with van der Waals surface area (Å²) in [6.45, 7) is 5.92. The molecule has 0 radical (unpaired) electrons. The molecule has 0 spiro atoms. The summed E-state index contributed by atoms with van der Waals surface area (Å²) in [4.78, 5) is 7.17. The van der Waals surface area contributed by atoms with E-state index < -0.39 is 0 Å². The van der Waals surface area contributed by atoms with Gasteiger partial charge in [-0.1, -0.05) is 0 Å². The van der Waals surface area contributed by atoms with Gasteiger partial charge < -0.3 is 15.0 Å². The lowest BCUT2D eigenvalue weighted by atomic mass is 10.1. The summed E-state index contributed by atoms with van der Waals surface area (Å²) < 4.78 is 5.01. The van der Waals surface area contributed by atoms with E-state index in [1.165, 1.54) is 24.4 Å². The Morgan fingerprint density at radius 1 is 1.56 bits per heavy atom. The average molecular weight is 269 g/mol. The van der Waals surface area contributed by atoms with Gasteiger partial charge in [-0.05, 0) is 26.2 Å². The molecule has 4 nitrogen and oxygen atoms in total. The smallest absolute Gasteiger partial charge is 0.185 e. The van der Waals surface area contributed by atoms with E-state index in [1.807, 2.05) is 0 Å². The van der Waals surface area contributed by atoms with E-state index >= 15 is 0 Å². The van der Waals surface area contributed by atoms with Gasteiger partial charge >= 0.3 is 0 Å². The largest absolute Gasteiger partial charge is 0.383 e. The molecule has 1 aliphatic rings. The zero-order valence-electron chi connectivity index (χ0n) is 11.3. The lowest BCUT2D eigenvalue weighted by Gasteiger charge is -2.33. The fourth-order valence-electron chi connectivity index (χ4n) is 2.28. The van der Waals surface area contributed by atoms with E-state index in [4.69, 9.17) is 9.72 Å². The molecular formula is C13H23N3OS. The fraction of sp³-hybridized carbons (Fsp3) is 0.769. The van der Waals surface area contributed by atoms with Gasteiger partial charge in [-0.15, -0.1) is 11.3 Å². The number of nitrogens with one attached hydrogen (secondary N) is 1. The van der Waals surface area contributed by atoms with Crippen molar-refractivity contribution in [1.29, 1.82) is 0 Å². The molecule has 18 heavy (non-hydrogen) atoms. The normalized spacial score (nSPS) is 20.3. The Morgan fingerprint density at radius 3 is 3.22 bits per heavy atom. The number of hydrogen-bond donors (Lipinski definition) is 1. The van der Waals surface area contributed by atoms with Crippen LogP contribution < -0.4 is 10.2 Å². The van der Waals surface area contributed by atoms with Crippen LogP contribution in [0.3, 0.4) is 0 Å². The number of aromatic nitrogens is 1. The maximum Gasteiger partial charge on any atom is 0.185 e. The van der Waals surface area contributed by atoms with E-state index in [-0.39, 0.29) is 0 Å². The molecule has 2 rings (SSSR count). The van der Waals surface area contributed by atoms with Crippen LogP contribution in [-0.4, -0.2) is 37.8 Å². The summed E-state index contributed by atoms with van der Waals surface area (Å²) in [5.74, 6) is 0. The molecule has 102 valence electrons. The first-order chi connectivity index (χ1) is 8.81. The Kier molecular flexibility index (Phi) is 5.41. The molecule has 1 N–H and O–H groups in total. The zero-order valence-corrected chi connectivity index (χ0v) is 12.1. The highest BCUT2D eigenvalue weighted by molar-refractivity contribution is 7.13. The van der Waals surface area contributed by atoms with Crippen molar-refractivity contribution in [3.63, 3.8) is 0 Å². The minimum Gasteiger partial charge on any atom is -0.383 e. The summed E-state index contributed by atoms with van der Waals surface area (Å²) >= 11 is 1.77. The van der Waals surface area contributed by atoms with Crippen molar-refractivity contribution in [3.8, 4) is 0 Å². The van der Waals surface area contributed by atoms with Crippen molar-refractivity contribution in [2.75, 3.05) is 31.7 Å². The predicted molar refractivity (Wildman–Crippen MR) is 76.4 cm³/mol. The zero-order chi connectivity index (χ0) is 12.8. The molecule has 0 saturated carbocycles. The second-order valence-electron chi connectivity index (χ2n) is 4.83. The average Bonchev–Trinajstić information content (AvgIpc) is 2.84. The Labute approximate surface area is 113 Å². The quantitative estimate of drug-likeness (QED) is 0.804. The van der Waals surface area contributed by atoms with E-state index in [0.29, 0.717) is 6.04 Å². The Hall–Kier alpha value is -0.650. The Balaban J connectivity index is 1.85. The standard InChI is InChI=1S/C13H23N3OS/c1-11-5-3-4-7-16(11)13-15-12(10-18-13)9-14-6-8-17-2/h10-11,14H,3-9H2,1-2H3. The second kappa shape index (κ2) is 7.07. The third-order valence-corrected chi connectivity index (χ3v) is 4.30. The first kappa shape index (κ1) is 13.8. The van der Waals surface area contributed by atoms with E-state index in [0.717, 1.165) is 31.9 Å². The number of hydrogen-bond acceptors (Lipinski definition) is 5. The number of piperidine rings is 1. The molecule has 5 heteroatoms. The number of rotatable bonds is 6. The fourth-order valence-corrected chi connectivity index (χ4v) is 3.24. The van der Waals surface area contributed by atoms with Crippen LogP contribution in [0.5, 0.6) is 0 Å². The van der Waals surface area contributed by atoms with Crippen LogP contribution in [0, 0.1) is 0 Å². The maximum absolute atomic E-state index is 5.01. The highest BCUT2D eigenvalue weighted by Gasteiger charge is 2.20. The lowest BCUT2D eigenvalue weighted by molar-refractivity contribution is 0.199. The number of anilines is 1. The van der Waals surface area contributed by atoms with Gasteiger partial charge in [0.1, 0.15) is 0 Å². The van der Waals surface area contributed by atoms with Gasteiger partial charge in [-0.25, -0.2) is 4.98 Å². The maximum atomic E-state index is 5.01. The van der Waals surface area contributed by atoms with Gasteiger partial charge in [0.15, 0.2) is 5.13 Å². The SMILES string of the molecule is COCCNCc1csc(N2CCCCC2C)n1. The first-order valence-electron chi connectivity index (χ1n) is 6.72. The van der Waals surface area contributed by atoms with Crippen molar-refractivity contribution >= 4 is 16.5 Å². The molecule has 1 fully saturated rings. The molecule has 1 aromatic heterocycles. The highest BCUT2D eigenvalue weighted by atomic mass is 32.1. The summed E-state index contributed by atoms with van der Waals surface area (Å²) in [5.41, 5.74) is 1.14. The third kappa shape index (κ3) is 3.67. The van der Waals surface area contributed by atoms with E-state index in [1.54, 1.807) is 18.4 Å². The lowest BCUT2D eigenvalue weighted by Crippen LogP contribution is -2.37. The summed E-state index contributed by atoms with van der Waals surface area (Å²) in [6.07, 6.45) is 3.95. The van der Waals surface area contributed by atoms with Gasteiger partial charge in [-0.3, -0.25) is 0 Å². The van der Waals surface area contributed by atoms with Crippen LogP contribution in [0.2, 0.25) is 0 Å². The number of ether oxygens (including phenoxy) is 1. The van der Waals surface area contributed by atoms with Gasteiger partial charge in [0, 0.05) is 38.2 Å². The third-order valence-electron chi connectivity index (χ3n) is 3.38. The number of nitrogens with zero attached hydrogens (tertiary/aromatic N) is 2. The molecule has 0 amide bonds. The Morgan fingerprint density at radius 2 is 2.44 bits per heavy atom. The van der Waals surface area contributed by atoms with Crippen LogP contribution >= 0.6 is 11.3 Å². The minimum absolute atomic E-state index is 0.638. The van der Waals surface area contributed by atoms with Crippen molar-refractivity contribution in [2.24, 2.45) is 0 Å². The van der Waals surface area contributed by atoms with Crippen LogP contribution in [0.4, 0.5) is 5.13 Å². The van der Waals surface area contributed by atoms with Crippen molar-refractivity contribution in [2.45, 2.75) is 38.8 Å². The predicted octanol–water partition coefficient (Wildman–Crippen LogP) is 2.26. The minimum atomic E-state index is 0.638. The van der Waals surface area contributed by atoms with Crippen molar-refractivity contribution in [3.05, 3.63) is 11.1 Å². The van der Waals surface area contributed by atoms with Crippen LogP contribution in [0.1, 0.15) is 31.9 Å². The van der Waals surface area contributed by atoms with E-state index in [9.17, 15) is 0 Å². The van der Waals surface area contributed by atoms with E-state index in [2.05, 4.69) is 22.5 Å². The van der Waals surface area contributed by atoms with Crippen molar-refractivity contribution in [1.82, 2.24) is 10.3 Å². The second-order valence-corrected chi connectivity index (χ2v) is 5.67. The highest BCUT2D eigenvalue weighted by Crippen LogP contribution is 2.27. The molecule has 1 aliphatic heterocycles. The number of thiazole rings is 1. The molecule has 1 atom stereocenters. The first-order valence-corrected chi connectivity index (χ1v) is 7.60. The van der Waals surface area contributed by atoms with Gasteiger partial charge in [0.25, 0.3) is 0 Å². The molecule has 1 aromatic rings. The molecule has 2 heterocycles. The number of methoxy groups -OCH3 is 1. The van der Waals surface area contributed by atoms with Gasteiger partial charge in [-0.2, -0.15) is 0 Å². The molecule has 0 aromatic carbocycles. The van der Waals surface area contributed by atoms with Crippen molar-refractivity contribution < 1.29 is 4.74 Å².